The second-order valence-electron chi connectivity index (χ2n) is 5.42. The van der Waals surface area contributed by atoms with Crippen LogP contribution in [0.5, 0.6) is 0 Å². The largest absolute Gasteiger partial charge is 0.354 e. The first-order valence-electron chi connectivity index (χ1n) is 5.86. The lowest BCUT2D eigenvalue weighted by Gasteiger charge is -2.24. The summed E-state index contributed by atoms with van der Waals surface area (Å²) in [4.78, 5) is 4.25. The van der Waals surface area contributed by atoms with Crippen LogP contribution in [0.15, 0.2) is 35.0 Å². The van der Waals surface area contributed by atoms with Crippen molar-refractivity contribution in [1.82, 2.24) is 10.1 Å². The molecule has 0 fully saturated rings. The molecular formula is C14H18N2O. The Morgan fingerprint density at radius 1 is 1.24 bits per heavy atom. The molecule has 90 valence electrons. The zero-order chi connectivity index (χ0) is 12.5. The Bertz CT molecular complexity index is 482. The van der Waals surface area contributed by atoms with Crippen LogP contribution in [-0.2, 0) is 0 Å². The number of pyridine rings is 1. The maximum Gasteiger partial charge on any atom is 0.185 e. The average Bonchev–Trinajstić information content (AvgIpc) is 2.77. The van der Waals surface area contributed by atoms with Gasteiger partial charge in [-0.2, -0.15) is 0 Å². The number of hydrogen-bond acceptors (Lipinski definition) is 3. The number of nitrogens with zero attached hydrogens (tertiary/aromatic N) is 2. The maximum absolute atomic E-state index is 5.35. The van der Waals surface area contributed by atoms with Gasteiger partial charge in [-0.25, -0.2) is 0 Å². The number of rotatable bonds is 2. The first-order valence-corrected chi connectivity index (χ1v) is 5.86. The minimum atomic E-state index is 0.179. The summed E-state index contributed by atoms with van der Waals surface area (Å²) in [7, 11) is 0. The smallest absolute Gasteiger partial charge is 0.185 e. The van der Waals surface area contributed by atoms with Crippen molar-refractivity contribution < 1.29 is 4.52 Å². The molecule has 0 radical (unpaired) electrons. The Kier molecular flexibility index (Phi) is 3.01. The van der Waals surface area contributed by atoms with Gasteiger partial charge in [0, 0.05) is 18.2 Å². The van der Waals surface area contributed by atoms with Crippen molar-refractivity contribution in [3.8, 4) is 11.5 Å². The molecule has 17 heavy (non-hydrogen) atoms. The Hall–Kier alpha value is -1.64. The van der Waals surface area contributed by atoms with Crippen molar-refractivity contribution in [2.45, 2.75) is 33.6 Å². The van der Waals surface area contributed by atoms with Crippen LogP contribution in [0.1, 0.15) is 39.3 Å². The molecule has 0 unspecified atom stereocenters. The van der Waals surface area contributed by atoms with Crippen LogP contribution in [-0.4, -0.2) is 10.1 Å². The number of aromatic nitrogens is 2. The van der Waals surface area contributed by atoms with Gasteiger partial charge in [0.25, 0.3) is 0 Å². The number of hydrogen-bond donors (Lipinski definition) is 0. The topological polar surface area (TPSA) is 38.9 Å². The van der Waals surface area contributed by atoms with Gasteiger partial charge >= 0.3 is 0 Å². The zero-order valence-corrected chi connectivity index (χ0v) is 10.8. The second-order valence-corrected chi connectivity index (χ2v) is 5.42. The molecule has 2 rings (SSSR count). The molecule has 0 aliphatic rings. The Morgan fingerprint density at radius 3 is 2.59 bits per heavy atom. The standard InChI is InChI=1S/C14H18N2O/c1-10(14(2,3)4)12-9-13(17-16-12)11-7-5-6-8-15-11/h5-10H,1-4H3/t10-/m0/s1. The van der Waals surface area contributed by atoms with Crippen molar-refractivity contribution in [3.05, 3.63) is 36.2 Å². The van der Waals surface area contributed by atoms with Crippen LogP contribution in [0.2, 0.25) is 0 Å². The lowest BCUT2D eigenvalue weighted by Crippen LogP contribution is -2.15. The molecule has 0 saturated carbocycles. The van der Waals surface area contributed by atoms with E-state index < -0.39 is 0 Å². The lowest BCUT2D eigenvalue weighted by molar-refractivity contribution is 0.318. The summed E-state index contributed by atoms with van der Waals surface area (Å²) < 4.78 is 5.35. The molecule has 1 atom stereocenters. The molecule has 0 aliphatic heterocycles. The van der Waals surface area contributed by atoms with Crippen LogP contribution >= 0.6 is 0 Å². The first-order chi connectivity index (χ1) is 7.98. The maximum atomic E-state index is 5.35. The summed E-state index contributed by atoms with van der Waals surface area (Å²) >= 11 is 0. The van der Waals surface area contributed by atoms with E-state index in [-0.39, 0.29) is 5.41 Å². The lowest BCUT2D eigenvalue weighted by atomic mass is 9.80. The van der Waals surface area contributed by atoms with Crippen LogP contribution in [0.3, 0.4) is 0 Å². The van der Waals surface area contributed by atoms with Crippen LogP contribution < -0.4 is 0 Å². The van der Waals surface area contributed by atoms with Crippen molar-refractivity contribution >= 4 is 0 Å². The van der Waals surface area contributed by atoms with E-state index >= 15 is 0 Å². The molecule has 0 N–H and O–H groups in total. The molecule has 0 spiro atoms. The molecule has 2 heterocycles. The van der Waals surface area contributed by atoms with Gasteiger partial charge in [-0.1, -0.05) is 38.9 Å². The van der Waals surface area contributed by atoms with E-state index in [0.717, 1.165) is 17.1 Å². The fourth-order valence-corrected chi connectivity index (χ4v) is 1.57. The molecule has 0 aliphatic carbocycles. The molecule has 2 aromatic rings. The predicted octanol–water partition coefficient (Wildman–Crippen LogP) is 3.89. The summed E-state index contributed by atoms with van der Waals surface area (Å²) in [6.45, 7) is 8.77. The summed E-state index contributed by atoms with van der Waals surface area (Å²) in [6, 6.07) is 7.74. The van der Waals surface area contributed by atoms with E-state index in [1.807, 2.05) is 24.3 Å². The summed E-state index contributed by atoms with van der Waals surface area (Å²) in [5.74, 6) is 1.08. The summed E-state index contributed by atoms with van der Waals surface area (Å²) in [5, 5.41) is 4.14. The van der Waals surface area contributed by atoms with Crippen molar-refractivity contribution in [2.24, 2.45) is 5.41 Å². The van der Waals surface area contributed by atoms with E-state index in [9.17, 15) is 0 Å². The van der Waals surface area contributed by atoms with Gasteiger partial charge in [0.15, 0.2) is 5.76 Å². The van der Waals surface area contributed by atoms with Gasteiger partial charge in [-0.3, -0.25) is 4.98 Å². The molecule has 2 aromatic heterocycles. The van der Waals surface area contributed by atoms with E-state index in [4.69, 9.17) is 4.52 Å². The van der Waals surface area contributed by atoms with Gasteiger partial charge in [0.2, 0.25) is 0 Å². The Labute approximate surface area is 102 Å². The normalized spacial score (nSPS) is 13.6. The quantitative estimate of drug-likeness (QED) is 0.785. The fourth-order valence-electron chi connectivity index (χ4n) is 1.57. The SMILES string of the molecule is C[C@@H](c1cc(-c2ccccn2)on1)C(C)(C)C. The first kappa shape index (κ1) is 11.8. The monoisotopic (exact) mass is 230 g/mol. The van der Waals surface area contributed by atoms with E-state index in [1.54, 1.807) is 6.20 Å². The fraction of sp³-hybridized carbons (Fsp3) is 0.429. The van der Waals surface area contributed by atoms with Gasteiger partial charge in [0.05, 0.1) is 5.69 Å². The third kappa shape index (κ3) is 2.54. The van der Waals surface area contributed by atoms with Gasteiger partial charge in [0.1, 0.15) is 5.69 Å². The van der Waals surface area contributed by atoms with Crippen molar-refractivity contribution in [3.63, 3.8) is 0 Å². The third-order valence-corrected chi connectivity index (χ3v) is 3.19. The summed E-state index contributed by atoms with van der Waals surface area (Å²) in [6.07, 6.45) is 1.75. The molecular weight excluding hydrogens is 212 g/mol. The van der Waals surface area contributed by atoms with Gasteiger partial charge in [-0.15, -0.1) is 0 Å². The van der Waals surface area contributed by atoms with E-state index in [2.05, 4.69) is 37.8 Å². The van der Waals surface area contributed by atoms with Gasteiger partial charge < -0.3 is 4.52 Å². The highest BCUT2D eigenvalue weighted by molar-refractivity contribution is 5.51. The summed E-state index contributed by atoms with van der Waals surface area (Å²) in [5.41, 5.74) is 1.99. The molecule has 0 bridgehead atoms. The highest BCUT2D eigenvalue weighted by Crippen LogP contribution is 2.35. The van der Waals surface area contributed by atoms with Crippen LogP contribution in [0.25, 0.3) is 11.5 Å². The predicted molar refractivity (Wildman–Crippen MR) is 67.6 cm³/mol. The highest BCUT2D eigenvalue weighted by atomic mass is 16.5. The van der Waals surface area contributed by atoms with Crippen LogP contribution in [0.4, 0.5) is 0 Å². The Balaban J connectivity index is 2.28. The van der Waals surface area contributed by atoms with E-state index in [0.29, 0.717) is 5.92 Å². The molecule has 0 saturated heterocycles. The Morgan fingerprint density at radius 2 is 2.00 bits per heavy atom. The minimum Gasteiger partial charge on any atom is -0.354 e. The molecule has 0 aromatic carbocycles. The average molecular weight is 230 g/mol. The zero-order valence-electron chi connectivity index (χ0n) is 10.8. The molecule has 0 amide bonds. The minimum absolute atomic E-state index is 0.179. The third-order valence-electron chi connectivity index (χ3n) is 3.19. The van der Waals surface area contributed by atoms with Gasteiger partial charge in [-0.05, 0) is 17.5 Å². The van der Waals surface area contributed by atoms with Crippen molar-refractivity contribution in [1.29, 1.82) is 0 Å². The molecule has 3 heteroatoms. The molecule has 3 nitrogen and oxygen atoms in total. The second kappa shape index (κ2) is 4.32. The van der Waals surface area contributed by atoms with Crippen molar-refractivity contribution in [2.75, 3.05) is 0 Å². The van der Waals surface area contributed by atoms with Crippen LogP contribution in [0, 0.1) is 5.41 Å². The van der Waals surface area contributed by atoms with E-state index in [1.165, 1.54) is 0 Å². The highest BCUT2D eigenvalue weighted by Gasteiger charge is 2.25.